The summed E-state index contributed by atoms with van der Waals surface area (Å²) in [6.07, 6.45) is 1.50. The van der Waals surface area contributed by atoms with E-state index in [0.29, 0.717) is 5.02 Å². The van der Waals surface area contributed by atoms with Gasteiger partial charge in [0.25, 0.3) is 5.91 Å². The van der Waals surface area contributed by atoms with Crippen LogP contribution in [0.5, 0.6) is 0 Å². The summed E-state index contributed by atoms with van der Waals surface area (Å²) in [5.41, 5.74) is 5.76. The minimum absolute atomic E-state index is 0.143. The molecular weight excluding hydrogens is 379 g/mol. The van der Waals surface area contributed by atoms with Crippen LogP contribution in [-0.4, -0.2) is 16.7 Å². The van der Waals surface area contributed by atoms with Crippen molar-refractivity contribution in [1.82, 2.24) is 9.99 Å². The summed E-state index contributed by atoms with van der Waals surface area (Å²) in [5.74, 6) is -1.47. The average molecular weight is 395 g/mol. The van der Waals surface area contributed by atoms with Crippen LogP contribution in [0.25, 0.3) is 5.69 Å². The van der Waals surface area contributed by atoms with E-state index < -0.39 is 11.7 Å². The van der Waals surface area contributed by atoms with Gasteiger partial charge in [-0.15, -0.1) is 0 Å². The van der Waals surface area contributed by atoms with Gasteiger partial charge in [-0.1, -0.05) is 23.7 Å². The third-order valence-corrected chi connectivity index (χ3v) is 4.60. The Morgan fingerprint density at radius 1 is 1.25 bits per heavy atom. The van der Waals surface area contributed by atoms with Crippen LogP contribution in [0.15, 0.2) is 53.6 Å². The van der Waals surface area contributed by atoms with Crippen LogP contribution in [0.1, 0.15) is 32.9 Å². The highest BCUT2D eigenvalue weighted by Gasteiger charge is 2.13. The fraction of sp³-hybridized carbons (Fsp3) is 0.0952. The molecule has 1 N–H and O–H groups in total. The van der Waals surface area contributed by atoms with Crippen molar-refractivity contribution in [3.63, 3.8) is 0 Å². The number of hydrogen-bond donors (Lipinski definition) is 1. The lowest BCUT2D eigenvalue weighted by molar-refractivity contribution is 0.0951. The number of nitrogens with one attached hydrogen (secondary N) is 1. The summed E-state index contributed by atoms with van der Waals surface area (Å²) in [6, 6.07) is 14.9. The SMILES string of the molecule is Cc1cc(/C=N\NC(=O)c2ccc(C#N)cc2F)c(C)n1-c1ccccc1Cl. The highest BCUT2D eigenvalue weighted by Crippen LogP contribution is 2.25. The summed E-state index contributed by atoms with van der Waals surface area (Å²) in [6.45, 7) is 3.86. The van der Waals surface area contributed by atoms with Gasteiger partial charge in [0.1, 0.15) is 5.82 Å². The Kier molecular flexibility index (Phi) is 5.57. The zero-order chi connectivity index (χ0) is 20.3. The number of carbonyl (C=O) groups is 1. The number of aromatic nitrogens is 1. The second kappa shape index (κ2) is 8.07. The summed E-state index contributed by atoms with van der Waals surface area (Å²) >= 11 is 6.30. The number of nitrogens with zero attached hydrogens (tertiary/aromatic N) is 3. The number of amides is 1. The first kappa shape index (κ1) is 19.3. The fourth-order valence-corrected chi connectivity index (χ4v) is 3.13. The van der Waals surface area contributed by atoms with Gasteiger partial charge in [-0.25, -0.2) is 9.82 Å². The molecular formula is C21H16ClFN4O. The number of rotatable bonds is 4. The second-order valence-electron chi connectivity index (χ2n) is 6.12. The predicted octanol–water partition coefficient (Wildman–Crippen LogP) is 4.52. The first-order valence-corrected chi connectivity index (χ1v) is 8.77. The van der Waals surface area contributed by atoms with Gasteiger partial charge >= 0.3 is 0 Å². The molecule has 2 aromatic carbocycles. The minimum Gasteiger partial charge on any atom is -0.316 e. The van der Waals surface area contributed by atoms with Gasteiger partial charge in [-0.3, -0.25) is 4.79 Å². The first-order chi connectivity index (χ1) is 13.4. The molecule has 3 rings (SSSR count). The maximum absolute atomic E-state index is 13.9. The standard InChI is InChI=1S/C21H16ClFN4O/c1-13-9-16(14(2)27(13)20-6-4-3-5-18(20)22)12-25-26-21(28)17-8-7-15(11-24)10-19(17)23/h3-10,12H,1-2H3,(H,26,28)/b25-12-. The van der Waals surface area contributed by atoms with Crippen LogP contribution < -0.4 is 5.43 Å². The van der Waals surface area contributed by atoms with Gasteiger partial charge in [-0.2, -0.15) is 10.4 Å². The molecule has 0 radical (unpaired) electrons. The molecule has 5 nitrogen and oxygen atoms in total. The lowest BCUT2D eigenvalue weighted by Gasteiger charge is -2.11. The van der Waals surface area contributed by atoms with Gasteiger partial charge in [0.15, 0.2) is 0 Å². The number of hydrazone groups is 1. The quantitative estimate of drug-likeness (QED) is 0.522. The second-order valence-corrected chi connectivity index (χ2v) is 6.53. The number of hydrogen-bond acceptors (Lipinski definition) is 3. The third kappa shape index (κ3) is 3.80. The van der Waals surface area contributed by atoms with Crippen LogP contribution in [-0.2, 0) is 0 Å². The van der Waals surface area contributed by atoms with Crippen molar-refractivity contribution >= 4 is 23.7 Å². The van der Waals surface area contributed by atoms with Crippen molar-refractivity contribution in [2.45, 2.75) is 13.8 Å². The zero-order valence-electron chi connectivity index (χ0n) is 15.2. The number of halogens is 2. The van der Waals surface area contributed by atoms with E-state index in [2.05, 4.69) is 10.5 Å². The lowest BCUT2D eigenvalue weighted by atomic mass is 10.1. The van der Waals surface area contributed by atoms with E-state index in [4.69, 9.17) is 16.9 Å². The molecule has 0 saturated heterocycles. The van der Waals surface area contributed by atoms with Crippen molar-refractivity contribution in [3.8, 4) is 11.8 Å². The van der Waals surface area contributed by atoms with Crippen molar-refractivity contribution in [2.24, 2.45) is 5.10 Å². The molecule has 7 heteroatoms. The Hall–Kier alpha value is -3.43. The molecule has 1 amide bonds. The molecule has 0 saturated carbocycles. The smallest absolute Gasteiger partial charge is 0.274 e. The van der Waals surface area contributed by atoms with Crippen LogP contribution in [0.4, 0.5) is 4.39 Å². The number of benzene rings is 2. The Morgan fingerprint density at radius 3 is 2.68 bits per heavy atom. The van der Waals surface area contributed by atoms with Gasteiger partial charge < -0.3 is 4.57 Å². The Morgan fingerprint density at radius 2 is 2.00 bits per heavy atom. The maximum atomic E-state index is 13.9. The Bertz CT molecular complexity index is 1130. The molecule has 0 fully saturated rings. The molecule has 140 valence electrons. The van der Waals surface area contributed by atoms with Crippen LogP contribution >= 0.6 is 11.6 Å². The molecule has 1 heterocycles. The predicted molar refractivity (Wildman–Crippen MR) is 106 cm³/mol. The third-order valence-electron chi connectivity index (χ3n) is 4.28. The number of para-hydroxylation sites is 1. The van der Waals surface area contributed by atoms with Gasteiger partial charge in [-0.05, 0) is 50.2 Å². The monoisotopic (exact) mass is 394 g/mol. The summed E-state index contributed by atoms with van der Waals surface area (Å²) in [7, 11) is 0. The van der Waals surface area contributed by atoms with Crippen molar-refractivity contribution in [3.05, 3.63) is 87.4 Å². The largest absolute Gasteiger partial charge is 0.316 e. The zero-order valence-corrected chi connectivity index (χ0v) is 16.0. The Labute approximate surface area is 166 Å². The molecule has 0 bridgehead atoms. The Balaban J connectivity index is 1.81. The van der Waals surface area contributed by atoms with E-state index in [1.807, 2.05) is 54.8 Å². The van der Waals surface area contributed by atoms with E-state index in [-0.39, 0.29) is 11.1 Å². The molecule has 28 heavy (non-hydrogen) atoms. The van der Waals surface area contributed by atoms with Crippen LogP contribution in [0, 0.1) is 31.0 Å². The van der Waals surface area contributed by atoms with E-state index in [1.54, 1.807) is 0 Å². The van der Waals surface area contributed by atoms with Gasteiger partial charge in [0.2, 0.25) is 0 Å². The molecule has 3 aromatic rings. The topological polar surface area (TPSA) is 70.2 Å². The van der Waals surface area contributed by atoms with Crippen LogP contribution in [0.2, 0.25) is 5.02 Å². The van der Waals surface area contributed by atoms with E-state index in [0.717, 1.165) is 28.7 Å². The fourth-order valence-electron chi connectivity index (χ4n) is 2.91. The number of aryl methyl sites for hydroxylation is 1. The number of nitriles is 1. The van der Waals surface area contributed by atoms with E-state index in [9.17, 15) is 9.18 Å². The molecule has 0 spiro atoms. The molecule has 0 atom stereocenters. The molecule has 0 unspecified atom stereocenters. The van der Waals surface area contributed by atoms with Gasteiger partial charge in [0, 0.05) is 17.0 Å². The summed E-state index contributed by atoms with van der Waals surface area (Å²) in [5, 5.41) is 13.3. The van der Waals surface area contributed by atoms with Crippen molar-refractivity contribution < 1.29 is 9.18 Å². The van der Waals surface area contributed by atoms with E-state index in [1.165, 1.54) is 18.3 Å². The number of carbonyl (C=O) groups excluding carboxylic acids is 1. The highest BCUT2D eigenvalue weighted by molar-refractivity contribution is 6.32. The minimum atomic E-state index is -0.774. The highest BCUT2D eigenvalue weighted by atomic mass is 35.5. The normalized spacial score (nSPS) is 10.8. The maximum Gasteiger partial charge on any atom is 0.274 e. The van der Waals surface area contributed by atoms with E-state index >= 15 is 0 Å². The summed E-state index contributed by atoms with van der Waals surface area (Å²) < 4.78 is 15.9. The average Bonchev–Trinajstić information content (AvgIpc) is 2.95. The molecule has 0 aliphatic rings. The molecule has 0 aliphatic carbocycles. The first-order valence-electron chi connectivity index (χ1n) is 8.39. The van der Waals surface area contributed by atoms with Crippen molar-refractivity contribution in [1.29, 1.82) is 5.26 Å². The van der Waals surface area contributed by atoms with Gasteiger partial charge in [0.05, 0.1) is 34.1 Å². The molecule has 1 aromatic heterocycles. The summed E-state index contributed by atoms with van der Waals surface area (Å²) in [4.78, 5) is 12.1. The van der Waals surface area contributed by atoms with Crippen LogP contribution in [0.3, 0.4) is 0 Å². The lowest BCUT2D eigenvalue weighted by Crippen LogP contribution is -2.19. The van der Waals surface area contributed by atoms with Crippen molar-refractivity contribution in [2.75, 3.05) is 0 Å². The molecule has 0 aliphatic heterocycles.